The predicted molar refractivity (Wildman–Crippen MR) is 50.0 cm³/mol. The van der Waals surface area contributed by atoms with E-state index in [0.29, 0.717) is 0 Å². The van der Waals surface area contributed by atoms with Crippen molar-refractivity contribution in [1.82, 2.24) is 4.90 Å². The van der Waals surface area contributed by atoms with Crippen LogP contribution in [0.1, 0.15) is 6.42 Å². The molecule has 0 spiro atoms. The van der Waals surface area contributed by atoms with Crippen LogP contribution < -0.4 is 0 Å². The minimum atomic E-state index is -1.36. The fourth-order valence-corrected chi connectivity index (χ4v) is 1.21. The Hall–Kier alpha value is -1.67. The molecule has 0 unspecified atom stereocenters. The highest BCUT2D eigenvalue weighted by Gasteiger charge is 2.28. The number of aliphatic carboxylic acids is 3. The first kappa shape index (κ1) is 14.3. The highest BCUT2D eigenvalue weighted by atomic mass is 16.4. The summed E-state index contributed by atoms with van der Waals surface area (Å²) in [6, 6.07) is -1.32. The number of rotatable bonds is 8. The molecule has 4 N–H and O–H groups in total. The maximum absolute atomic E-state index is 10.8. The van der Waals surface area contributed by atoms with Crippen LogP contribution in [0.15, 0.2) is 0 Å². The Morgan fingerprint density at radius 2 is 1.44 bits per heavy atom. The summed E-state index contributed by atoms with van der Waals surface area (Å²) in [5, 5.41) is 34.4. The van der Waals surface area contributed by atoms with Gasteiger partial charge in [-0.2, -0.15) is 0 Å². The number of carboxylic acids is 3. The van der Waals surface area contributed by atoms with Crippen molar-refractivity contribution >= 4 is 17.9 Å². The van der Waals surface area contributed by atoms with E-state index >= 15 is 0 Å². The van der Waals surface area contributed by atoms with Gasteiger partial charge in [0.15, 0.2) is 0 Å². The Bertz CT molecular complexity index is 262. The van der Waals surface area contributed by atoms with Crippen LogP contribution in [-0.2, 0) is 14.4 Å². The Morgan fingerprint density at radius 1 is 1.00 bits per heavy atom. The lowest BCUT2D eigenvalue weighted by atomic mass is 10.2. The van der Waals surface area contributed by atoms with Crippen LogP contribution in [0.2, 0.25) is 0 Å². The van der Waals surface area contributed by atoms with Crippen LogP contribution in [-0.4, -0.2) is 69.0 Å². The molecule has 16 heavy (non-hydrogen) atoms. The summed E-state index contributed by atoms with van der Waals surface area (Å²) in [7, 11) is 0. The lowest BCUT2D eigenvalue weighted by Crippen LogP contribution is -2.46. The Kier molecular flexibility index (Phi) is 6.04. The molecular weight excluding hydrogens is 222 g/mol. The first-order chi connectivity index (χ1) is 7.38. The third-order valence-electron chi connectivity index (χ3n) is 1.81. The van der Waals surface area contributed by atoms with Crippen molar-refractivity contribution in [2.75, 3.05) is 19.7 Å². The van der Waals surface area contributed by atoms with Crippen LogP contribution in [0.5, 0.6) is 0 Å². The second-order valence-corrected chi connectivity index (χ2v) is 3.06. The summed E-state index contributed by atoms with van der Waals surface area (Å²) in [6.45, 7) is -1.88. The Morgan fingerprint density at radius 3 is 1.69 bits per heavy atom. The van der Waals surface area contributed by atoms with Gasteiger partial charge in [0.05, 0.1) is 13.1 Å². The van der Waals surface area contributed by atoms with Crippen LogP contribution in [0.3, 0.4) is 0 Å². The summed E-state index contributed by atoms with van der Waals surface area (Å²) in [5.74, 6) is -4.02. The molecule has 0 saturated carbocycles. The van der Waals surface area contributed by atoms with Gasteiger partial charge >= 0.3 is 17.9 Å². The normalized spacial score (nSPS) is 12.4. The predicted octanol–water partition coefficient (Wildman–Crippen LogP) is -1.71. The van der Waals surface area contributed by atoms with Gasteiger partial charge in [-0.15, -0.1) is 0 Å². The number of hydrogen-bond donors (Lipinski definition) is 4. The first-order valence-corrected chi connectivity index (χ1v) is 4.39. The SMILES string of the molecule is O=C(O)CN(CC(=O)O)[C@@H](CCO)C(=O)O. The van der Waals surface area contributed by atoms with E-state index in [4.69, 9.17) is 20.4 Å². The largest absolute Gasteiger partial charge is 0.480 e. The lowest BCUT2D eigenvalue weighted by Gasteiger charge is -2.24. The molecule has 8 nitrogen and oxygen atoms in total. The minimum Gasteiger partial charge on any atom is -0.480 e. The maximum Gasteiger partial charge on any atom is 0.321 e. The van der Waals surface area contributed by atoms with Gasteiger partial charge in [-0.1, -0.05) is 0 Å². The van der Waals surface area contributed by atoms with E-state index in [1.165, 1.54) is 0 Å². The van der Waals surface area contributed by atoms with Crippen molar-refractivity contribution in [3.8, 4) is 0 Å². The number of hydrogen-bond acceptors (Lipinski definition) is 5. The topological polar surface area (TPSA) is 135 Å². The van der Waals surface area contributed by atoms with Crippen LogP contribution in [0, 0.1) is 0 Å². The summed E-state index contributed by atoms with van der Waals surface area (Å²) in [4.78, 5) is 32.4. The molecule has 0 fully saturated rings. The summed E-state index contributed by atoms with van der Waals surface area (Å²) < 4.78 is 0. The van der Waals surface area contributed by atoms with E-state index in [-0.39, 0.29) is 6.42 Å². The molecule has 1 atom stereocenters. The minimum absolute atomic E-state index is 0.226. The van der Waals surface area contributed by atoms with Gasteiger partial charge in [-0.25, -0.2) is 0 Å². The zero-order valence-electron chi connectivity index (χ0n) is 8.37. The summed E-state index contributed by atoms with van der Waals surface area (Å²) in [5.41, 5.74) is 0. The average Bonchev–Trinajstić information content (AvgIpc) is 2.10. The van der Waals surface area contributed by atoms with Crippen molar-refractivity contribution in [3.05, 3.63) is 0 Å². The zero-order chi connectivity index (χ0) is 12.7. The average molecular weight is 235 g/mol. The molecule has 8 heteroatoms. The highest BCUT2D eigenvalue weighted by Crippen LogP contribution is 2.04. The maximum atomic E-state index is 10.8. The number of aliphatic hydroxyl groups excluding tert-OH is 1. The molecule has 0 radical (unpaired) electrons. The van der Waals surface area contributed by atoms with Crippen molar-refractivity contribution < 1.29 is 34.8 Å². The quantitative estimate of drug-likeness (QED) is 0.390. The van der Waals surface area contributed by atoms with Gasteiger partial charge in [0.2, 0.25) is 0 Å². The molecule has 0 bridgehead atoms. The fraction of sp³-hybridized carbons (Fsp3) is 0.625. The van der Waals surface area contributed by atoms with Crippen molar-refractivity contribution in [3.63, 3.8) is 0 Å². The van der Waals surface area contributed by atoms with Gasteiger partial charge in [-0.3, -0.25) is 19.3 Å². The summed E-state index contributed by atoms with van der Waals surface area (Å²) in [6.07, 6.45) is -0.226. The smallest absolute Gasteiger partial charge is 0.321 e. The Labute approximate surface area is 90.7 Å². The fourth-order valence-electron chi connectivity index (χ4n) is 1.21. The number of carbonyl (C=O) groups is 3. The summed E-state index contributed by atoms with van der Waals surface area (Å²) >= 11 is 0. The molecular formula is C8H13NO7. The molecule has 0 saturated heterocycles. The van der Waals surface area contributed by atoms with E-state index in [2.05, 4.69) is 0 Å². The van der Waals surface area contributed by atoms with Crippen LogP contribution in [0.25, 0.3) is 0 Å². The van der Waals surface area contributed by atoms with Crippen molar-refractivity contribution in [2.24, 2.45) is 0 Å². The molecule has 0 aliphatic carbocycles. The molecule has 0 amide bonds. The van der Waals surface area contributed by atoms with E-state index in [1.54, 1.807) is 0 Å². The molecule has 0 heterocycles. The number of aliphatic hydroxyl groups is 1. The monoisotopic (exact) mass is 235 g/mol. The van der Waals surface area contributed by atoms with Gasteiger partial charge in [0, 0.05) is 6.61 Å². The van der Waals surface area contributed by atoms with Gasteiger partial charge in [0.25, 0.3) is 0 Å². The first-order valence-electron chi connectivity index (χ1n) is 4.39. The Balaban J connectivity index is 4.72. The third-order valence-corrected chi connectivity index (χ3v) is 1.81. The standard InChI is InChI=1S/C8H13NO7/c10-2-1-5(8(15)16)9(3-6(11)12)4-7(13)14/h5,10H,1-4H2,(H,11,12)(H,13,14)(H,15,16)/t5-/m0/s1. The molecule has 0 rings (SSSR count). The van der Waals surface area contributed by atoms with Crippen LogP contribution in [0.4, 0.5) is 0 Å². The van der Waals surface area contributed by atoms with E-state index in [9.17, 15) is 14.4 Å². The number of carboxylic acid groups (broad SMARTS) is 3. The molecule has 0 aliphatic rings. The number of nitrogens with zero attached hydrogens (tertiary/aromatic N) is 1. The molecule has 0 aromatic rings. The highest BCUT2D eigenvalue weighted by molar-refractivity contribution is 5.78. The van der Waals surface area contributed by atoms with Crippen LogP contribution >= 0.6 is 0 Å². The molecule has 92 valence electrons. The van der Waals surface area contributed by atoms with Crippen molar-refractivity contribution in [1.29, 1.82) is 0 Å². The molecule has 0 aromatic carbocycles. The second-order valence-electron chi connectivity index (χ2n) is 3.06. The zero-order valence-corrected chi connectivity index (χ0v) is 8.37. The van der Waals surface area contributed by atoms with Gasteiger partial charge < -0.3 is 20.4 Å². The van der Waals surface area contributed by atoms with Crippen molar-refractivity contribution in [2.45, 2.75) is 12.5 Å². The van der Waals surface area contributed by atoms with E-state index in [0.717, 1.165) is 4.90 Å². The second kappa shape index (κ2) is 6.75. The molecule has 0 aromatic heterocycles. The van der Waals surface area contributed by atoms with E-state index < -0.39 is 43.6 Å². The molecule has 0 aliphatic heterocycles. The third kappa shape index (κ3) is 5.27. The van der Waals surface area contributed by atoms with Gasteiger partial charge in [0.1, 0.15) is 6.04 Å². The lowest BCUT2D eigenvalue weighted by molar-refractivity contribution is -0.149. The van der Waals surface area contributed by atoms with E-state index in [1.807, 2.05) is 0 Å². The van der Waals surface area contributed by atoms with Gasteiger partial charge in [-0.05, 0) is 6.42 Å².